The lowest BCUT2D eigenvalue weighted by Gasteiger charge is -2.18. The zero-order valence-electron chi connectivity index (χ0n) is 16.7. The molecule has 2 N–H and O–H groups in total. The van der Waals surface area contributed by atoms with Gasteiger partial charge >= 0.3 is 0 Å². The predicted octanol–water partition coefficient (Wildman–Crippen LogP) is 5.78. The number of rotatable bonds is 6. The molecule has 1 radical (unpaired) electrons. The molecular formula is C23H23Cl2N4O. The molecule has 30 heavy (non-hydrogen) atoms. The molecule has 0 unspecified atom stereocenters. The number of likely N-dealkylation sites (tertiary alicyclic amines) is 1. The van der Waals surface area contributed by atoms with Gasteiger partial charge in [0.25, 0.3) is 5.88 Å². The average molecular weight is 442 g/mol. The Morgan fingerprint density at radius 1 is 1.10 bits per heavy atom. The van der Waals surface area contributed by atoms with Crippen molar-refractivity contribution in [2.75, 3.05) is 18.8 Å². The van der Waals surface area contributed by atoms with E-state index in [4.69, 9.17) is 33.7 Å². The van der Waals surface area contributed by atoms with Crippen molar-refractivity contribution in [1.29, 1.82) is 0 Å². The number of nitrogens with two attached hydrogens (primary N) is 1. The van der Waals surface area contributed by atoms with Gasteiger partial charge in [0.2, 0.25) is 0 Å². The summed E-state index contributed by atoms with van der Waals surface area (Å²) >= 11 is 12.6. The van der Waals surface area contributed by atoms with Crippen molar-refractivity contribution < 1.29 is 4.74 Å². The molecular weight excluding hydrogens is 419 g/mol. The summed E-state index contributed by atoms with van der Waals surface area (Å²) in [6.07, 6.45) is 3.71. The van der Waals surface area contributed by atoms with E-state index >= 15 is 0 Å². The van der Waals surface area contributed by atoms with E-state index in [1.54, 1.807) is 24.4 Å². The second-order valence-electron chi connectivity index (χ2n) is 7.34. The second kappa shape index (κ2) is 9.21. The first-order valence-corrected chi connectivity index (χ1v) is 10.7. The number of nitrogen functional groups attached to an aromatic ring is 1. The third-order valence-corrected chi connectivity index (χ3v) is 5.78. The molecule has 1 aromatic heterocycles. The van der Waals surface area contributed by atoms with Crippen LogP contribution in [0.25, 0.3) is 11.3 Å². The van der Waals surface area contributed by atoms with Crippen LogP contribution >= 0.6 is 23.2 Å². The van der Waals surface area contributed by atoms with Crippen LogP contribution in [0.15, 0.2) is 48.7 Å². The zero-order chi connectivity index (χ0) is 21.1. The number of anilines is 1. The van der Waals surface area contributed by atoms with Gasteiger partial charge in [-0.2, -0.15) is 0 Å². The highest BCUT2D eigenvalue weighted by atomic mass is 35.5. The highest BCUT2D eigenvalue weighted by molar-refractivity contribution is 6.36. The molecule has 2 heterocycles. The van der Waals surface area contributed by atoms with Crippen LogP contribution < -0.4 is 10.5 Å². The van der Waals surface area contributed by atoms with Gasteiger partial charge in [-0.1, -0.05) is 47.5 Å². The van der Waals surface area contributed by atoms with Crippen LogP contribution in [0, 0.1) is 6.54 Å². The predicted molar refractivity (Wildman–Crippen MR) is 122 cm³/mol. The van der Waals surface area contributed by atoms with Crippen molar-refractivity contribution in [2.45, 2.75) is 25.9 Å². The van der Waals surface area contributed by atoms with Crippen molar-refractivity contribution in [3.63, 3.8) is 0 Å². The fourth-order valence-corrected chi connectivity index (χ4v) is 4.30. The van der Waals surface area contributed by atoms with Gasteiger partial charge in [0, 0.05) is 21.2 Å². The Hall–Kier alpha value is -2.34. The van der Waals surface area contributed by atoms with Crippen LogP contribution in [0.4, 0.5) is 5.82 Å². The maximum absolute atomic E-state index is 6.31. The van der Waals surface area contributed by atoms with Crippen molar-refractivity contribution in [3.8, 4) is 17.1 Å². The monoisotopic (exact) mass is 441 g/mol. The van der Waals surface area contributed by atoms with Gasteiger partial charge in [-0.25, -0.2) is 9.97 Å². The highest BCUT2D eigenvalue weighted by Gasteiger charge is 2.18. The minimum atomic E-state index is -0.437. The molecule has 1 aliphatic heterocycles. The number of benzene rings is 2. The maximum Gasteiger partial charge on any atom is 0.258 e. The highest BCUT2D eigenvalue weighted by Crippen LogP contribution is 2.34. The van der Waals surface area contributed by atoms with E-state index in [9.17, 15) is 0 Å². The molecule has 1 aliphatic rings. The van der Waals surface area contributed by atoms with Gasteiger partial charge in [-0.3, -0.25) is 4.90 Å². The van der Waals surface area contributed by atoms with Gasteiger partial charge in [-0.15, -0.1) is 0 Å². The molecule has 1 fully saturated rings. The number of nitrogens with zero attached hydrogens (tertiary/aromatic N) is 3. The average Bonchev–Trinajstić information content (AvgIpc) is 3.23. The van der Waals surface area contributed by atoms with Gasteiger partial charge < -0.3 is 10.5 Å². The van der Waals surface area contributed by atoms with Gasteiger partial charge in [-0.05, 0) is 56.6 Å². The first-order valence-electron chi connectivity index (χ1n) is 9.93. The van der Waals surface area contributed by atoms with Crippen molar-refractivity contribution >= 4 is 29.0 Å². The van der Waals surface area contributed by atoms with E-state index in [0.29, 0.717) is 21.3 Å². The molecule has 7 heteroatoms. The smallest absolute Gasteiger partial charge is 0.258 e. The first kappa shape index (κ1) is 20.9. The Kier molecular flexibility index (Phi) is 6.42. The molecule has 1 atom stereocenters. The summed E-state index contributed by atoms with van der Waals surface area (Å²) in [4.78, 5) is 11.2. The van der Waals surface area contributed by atoms with Gasteiger partial charge in [0.1, 0.15) is 6.10 Å². The molecule has 0 amide bonds. The Bertz CT molecular complexity index is 1020. The standard InChI is InChI=1S/C23H23Cl2N4O/c1-15(21-18(24)8-5-9-19(21)25)30-23-22(26)27-13-20(28-23)17-7-4-6-16(12-17)14-29-10-2-3-11-29/h4-9,12-15H,2-3,10-11H2,1H3,(H2,26,27)/t15-/m0/s1. The number of halogens is 2. The van der Waals surface area contributed by atoms with E-state index in [1.165, 1.54) is 12.8 Å². The molecule has 0 aliphatic carbocycles. The van der Waals surface area contributed by atoms with Crippen LogP contribution in [0.5, 0.6) is 5.88 Å². The third kappa shape index (κ3) is 4.69. The Balaban J connectivity index is 1.57. The van der Waals surface area contributed by atoms with Crippen LogP contribution in [-0.4, -0.2) is 28.0 Å². The molecule has 0 spiro atoms. The maximum atomic E-state index is 6.31. The fourth-order valence-electron chi connectivity index (χ4n) is 3.59. The SMILES string of the molecule is C[C@H](Oc1nc(-c2cccc([CH]N3CCCC3)c2)cnc1N)c1c(Cl)cccc1Cl. The quantitative estimate of drug-likeness (QED) is 0.525. The second-order valence-corrected chi connectivity index (χ2v) is 8.15. The molecule has 0 saturated carbocycles. The summed E-state index contributed by atoms with van der Waals surface area (Å²) in [6.45, 7) is 6.26. The lowest BCUT2D eigenvalue weighted by Crippen LogP contribution is -2.16. The molecule has 155 valence electrons. The van der Waals surface area contributed by atoms with Crippen molar-refractivity contribution in [3.05, 3.63) is 76.4 Å². The summed E-state index contributed by atoms with van der Waals surface area (Å²) < 4.78 is 6.01. The number of hydrogen-bond acceptors (Lipinski definition) is 5. The number of hydrogen-bond donors (Lipinski definition) is 1. The van der Waals surface area contributed by atoms with Gasteiger partial charge in [0.15, 0.2) is 5.82 Å². The van der Waals surface area contributed by atoms with E-state index in [1.807, 2.05) is 19.1 Å². The van der Waals surface area contributed by atoms with E-state index in [-0.39, 0.29) is 11.7 Å². The zero-order valence-corrected chi connectivity index (χ0v) is 18.2. The third-order valence-electron chi connectivity index (χ3n) is 5.12. The van der Waals surface area contributed by atoms with E-state index in [2.05, 4.69) is 33.5 Å². The number of aromatic nitrogens is 2. The molecule has 1 saturated heterocycles. The van der Waals surface area contributed by atoms with E-state index in [0.717, 1.165) is 24.2 Å². The molecule has 5 nitrogen and oxygen atoms in total. The summed E-state index contributed by atoms with van der Waals surface area (Å²) in [5.41, 5.74) is 9.49. The topological polar surface area (TPSA) is 64.3 Å². The molecule has 4 rings (SSSR count). The van der Waals surface area contributed by atoms with Crippen molar-refractivity contribution in [2.24, 2.45) is 0 Å². The Labute approximate surface area is 186 Å². The number of ether oxygens (including phenoxy) is 1. The minimum absolute atomic E-state index is 0.216. The minimum Gasteiger partial charge on any atom is -0.467 e. The normalized spacial score (nSPS) is 15.3. The van der Waals surface area contributed by atoms with E-state index < -0.39 is 6.10 Å². The van der Waals surface area contributed by atoms with Crippen molar-refractivity contribution in [1.82, 2.24) is 14.9 Å². The fraction of sp³-hybridized carbons (Fsp3) is 0.261. The van der Waals surface area contributed by atoms with Crippen LogP contribution in [-0.2, 0) is 0 Å². The lowest BCUT2D eigenvalue weighted by molar-refractivity contribution is 0.218. The van der Waals surface area contributed by atoms with Crippen LogP contribution in [0.1, 0.15) is 37.0 Å². The van der Waals surface area contributed by atoms with Crippen LogP contribution in [0.2, 0.25) is 10.0 Å². The summed E-state index contributed by atoms with van der Waals surface area (Å²) in [5.74, 6) is 0.471. The van der Waals surface area contributed by atoms with Gasteiger partial charge in [0.05, 0.1) is 18.4 Å². The Morgan fingerprint density at radius 2 is 1.80 bits per heavy atom. The van der Waals surface area contributed by atoms with Crippen LogP contribution in [0.3, 0.4) is 0 Å². The molecule has 3 aromatic rings. The summed E-state index contributed by atoms with van der Waals surface area (Å²) in [5, 5.41) is 1.06. The first-order chi connectivity index (χ1) is 14.5. The summed E-state index contributed by atoms with van der Waals surface area (Å²) in [7, 11) is 0. The molecule has 0 bridgehead atoms. The molecule has 2 aromatic carbocycles. The lowest BCUT2D eigenvalue weighted by atomic mass is 10.1. The summed E-state index contributed by atoms with van der Waals surface area (Å²) in [6, 6.07) is 13.5. The largest absolute Gasteiger partial charge is 0.467 e. The Morgan fingerprint density at radius 3 is 2.53 bits per heavy atom.